The van der Waals surface area contributed by atoms with Gasteiger partial charge in [-0.1, -0.05) is 26.8 Å². The molecule has 0 spiro atoms. The van der Waals surface area contributed by atoms with Crippen LogP contribution in [0, 0.1) is 0 Å². The predicted octanol–water partition coefficient (Wildman–Crippen LogP) is 5.31. The van der Waals surface area contributed by atoms with Crippen LogP contribution in [0.25, 0.3) is 0 Å². The minimum absolute atomic E-state index is 0.0347. The molecule has 0 heterocycles. The highest BCUT2D eigenvalue weighted by Gasteiger charge is 2.37. The van der Waals surface area contributed by atoms with Crippen molar-refractivity contribution in [3.05, 3.63) is 34.9 Å². The maximum absolute atomic E-state index is 12.4. The van der Waals surface area contributed by atoms with E-state index in [2.05, 4.69) is 0 Å². The van der Waals surface area contributed by atoms with E-state index < -0.39 is 23.5 Å². The molecule has 0 atom stereocenters. The van der Waals surface area contributed by atoms with E-state index in [-0.39, 0.29) is 18.1 Å². The second-order valence-corrected chi connectivity index (χ2v) is 3.22. The van der Waals surface area contributed by atoms with Crippen LogP contribution in [0.5, 0.6) is 0 Å². The standard InChI is InChI=1S/C10H8F6.C2H6/c1-2-6-3-4-7(9(11,12)13)5-8(6)10(14,15)16;1-2/h3-5H,2H2,1H3;1-2H3. The van der Waals surface area contributed by atoms with Gasteiger partial charge in [0.25, 0.3) is 0 Å². The van der Waals surface area contributed by atoms with Crippen LogP contribution in [0.15, 0.2) is 18.2 Å². The highest BCUT2D eigenvalue weighted by molar-refractivity contribution is 5.35. The van der Waals surface area contributed by atoms with E-state index in [4.69, 9.17) is 0 Å². The molecule has 0 bridgehead atoms. The molecule has 0 saturated carbocycles. The fourth-order valence-electron chi connectivity index (χ4n) is 1.32. The normalized spacial score (nSPS) is 11.8. The molecule has 1 aromatic carbocycles. The maximum Gasteiger partial charge on any atom is 0.416 e. The molecule has 0 saturated heterocycles. The smallest absolute Gasteiger partial charge is 0.166 e. The largest absolute Gasteiger partial charge is 0.416 e. The molecule has 0 unspecified atom stereocenters. The lowest BCUT2D eigenvalue weighted by atomic mass is 10.0. The molecule has 0 nitrogen and oxygen atoms in total. The Hall–Kier alpha value is -1.20. The van der Waals surface area contributed by atoms with Gasteiger partial charge < -0.3 is 0 Å². The van der Waals surface area contributed by atoms with Gasteiger partial charge in [-0.2, -0.15) is 26.3 Å². The van der Waals surface area contributed by atoms with E-state index in [1.165, 1.54) is 6.92 Å². The number of aryl methyl sites for hydroxylation is 1. The van der Waals surface area contributed by atoms with Gasteiger partial charge in [-0.3, -0.25) is 0 Å². The Morgan fingerprint density at radius 3 is 1.72 bits per heavy atom. The molecule has 1 aromatic rings. The molecule has 0 fully saturated rings. The average Bonchev–Trinajstić information content (AvgIpc) is 2.28. The van der Waals surface area contributed by atoms with E-state index in [0.717, 1.165) is 6.07 Å². The lowest BCUT2D eigenvalue weighted by Gasteiger charge is -2.14. The Bertz CT molecular complexity index is 375. The molecule has 0 amide bonds. The van der Waals surface area contributed by atoms with Crippen molar-refractivity contribution in [2.75, 3.05) is 0 Å². The summed E-state index contributed by atoms with van der Waals surface area (Å²) in [5.74, 6) is 0. The number of halogens is 6. The number of hydrogen-bond acceptors (Lipinski definition) is 0. The van der Waals surface area contributed by atoms with Crippen LogP contribution in [0.3, 0.4) is 0 Å². The number of benzene rings is 1. The summed E-state index contributed by atoms with van der Waals surface area (Å²) in [4.78, 5) is 0. The van der Waals surface area contributed by atoms with Crippen LogP contribution in [0.4, 0.5) is 26.3 Å². The Morgan fingerprint density at radius 1 is 0.889 bits per heavy atom. The van der Waals surface area contributed by atoms with Crippen LogP contribution in [-0.2, 0) is 18.8 Å². The van der Waals surface area contributed by atoms with E-state index in [1.807, 2.05) is 13.8 Å². The summed E-state index contributed by atoms with van der Waals surface area (Å²) < 4.78 is 74.0. The summed E-state index contributed by atoms with van der Waals surface area (Å²) in [7, 11) is 0. The van der Waals surface area contributed by atoms with Crippen molar-refractivity contribution in [1.82, 2.24) is 0 Å². The fraction of sp³-hybridized carbons (Fsp3) is 0.500. The summed E-state index contributed by atoms with van der Waals surface area (Å²) in [6.07, 6.45) is -9.48. The average molecular weight is 272 g/mol. The van der Waals surface area contributed by atoms with Gasteiger partial charge in [-0.15, -0.1) is 0 Å². The van der Waals surface area contributed by atoms with Crippen molar-refractivity contribution in [3.8, 4) is 0 Å². The zero-order valence-corrected chi connectivity index (χ0v) is 10.2. The molecular formula is C12H14F6. The molecule has 0 radical (unpaired) electrons. The zero-order valence-electron chi connectivity index (χ0n) is 10.2. The summed E-state index contributed by atoms with van der Waals surface area (Å²) in [6, 6.07) is 1.68. The van der Waals surface area contributed by atoms with Crippen molar-refractivity contribution < 1.29 is 26.3 Å². The lowest BCUT2D eigenvalue weighted by Crippen LogP contribution is -2.13. The van der Waals surface area contributed by atoms with Crippen LogP contribution in [0.2, 0.25) is 0 Å². The highest BCUT2D eigenvalue weighted by atomic mass is 19.4. The molecule has 1 rings (SSSR count). The quantitative estimate of drug-likeness (QED) is 0.607. The van der Waals surface area contributed by atoms with Gasteiger partial charge in [0.15, 0.2) is 0 Å². The minimum atomic E-state index is -4.76. The lowest BCUT2D eigenvalue weighted by molar-refractivity contribution is -0.143. The summed E-state index contributed by atoms with van der Waals surface area (Å²) in [6.45, 7) is 5.46. The van der Waals surface area contributed by atoms with Crippen molar-refractivity contribution in [3.63, 3.8) is 0 Å². The topological polar surface area (TPSA) is 0 Å². The molecule has 0 aliphatic rings. The maximum atomic E-state index is 12.4. The Balaban J connectivity index is 0.00000137. The van der Waals surface area contributed by atoms with Crippen molar-refractivity contribution in [2.24, 2.45) is 0 Å². The minimum Gasteiger partial charge on any atom is -0.166 e. The van der Waals surface area contributed by atoms with E-state index in [9.17, 15) is 26.3 Å². The van der Waals surface area contributed by atoms with Crippen LogP contribution >= 0.6 is 0 Å². The Kier molecular flexibility index (Phi) is 5.70. The summed E-state index contributed by atoms with van der Waals surface area (Å²) >= 11 is 0. The van der Waals surface area contributed by atoms with E-state index in [0.29, 0.717) is 6.07 Å². The van der Waals surface area contributed by atoms with Crippen molar-refractivity contribution in [1.29, 1.82) is 0 Å². The third kappa shape index (κ3) is 4.23. The number of rotatable bonds is 1. The number of alkyl halides is 6. The summed E-state index contributed by atoms with van der Waals surface area (Å²) in [5, 5.41) is 0. The second kappa shape index (κ2) is 6.11. The number of hydrogen-bond donors (Lipinski definition) is 0. The first-order valence-electron chi connectivity index (χ1n) is 5.43. The third-order valence-electron chi connectivity index (χ3n) is 2.12. The van der Waals surface area contributed by atoms with Crippen LogP contribution < -0.4 is 0 Å². The Morgan fingerprint density at radius 2 is 1.39 bits per heavy atom. The van der Waals surface area contributed by atoms with Crippen molar-refractivity contribution >= 4 is 0 Å². The Labute approximate surface area is 102 Å². The molecule has 0 aromatic heterocycles. The molecule has 18 heavy (non-hydrogen) atoms. The van der Waals surface area contributed by atoms with Gasteiger partial charge in [-0.05, 0) is 24.1 Å². The van der Waals surface area contributed by atoms with Gasteiger partial charge in [0.1, 0.15) is 0 Å². The third-order valence-corrected chi connectivity index (χ3v) is 2.12. The molecule has 0 N–H and O–H groups in total. The van der Waals surface area contributed by atoms with E-state index >= 15 is 0 Å². The molecule has 104 valence electrons. The SMILES string of the molecule is CC.CCc1ccc(C(F)(F)F)cc1C(F)(F)F. The van der Waals surface area contributed by atoms with Gasteiger partial charge in [0.2, 0.25) is 0 Å². The molecular weight excluding hydrogens is 258 g/mol. The van der Waals surface area contributed by atoms with Gasteiger partial charge in [0.05, 0.1) is 11.1 Å². The molecule has 0 aliphatic heterocycles. The fourth-order valence-corrected chi connectivity index (χ4v) is 1.32. The first kappa shape index (κ1) is 16.8. The highest BCUT2D eigenvalue weighted by Crippen LogP contribution is 2.37. The predicted molar refractivity (Wildman–Crippen MR) is 57.2 cm³/mol. The second-order valence-electron chi connectivity index (χ2n) is 3.22. The van der Waals surface area contributed by atoms with E-state index in [1.54, 1.807) is 0 Å². The summed E-state index contributed by atoms with van der Waals surface area (Å²) in [5.41, 5.74) is -2.64. The zero-order chi connectivity index (χ0) is 14.6. The van der Waals surface area contributed by atoms with Gasteiger partial charge in [-0.25, -0.2) is 0 Å². The van der Waals surface area contributed by atoms with Crippen molar-refractivity contribution in [2.45, 2.75) is 39.5 Å². The first-order valence-corrected chi connectivity index (χ1v) is 5.43. The molecule has 6 heteroatoms. The van der Waals surface area contributed by atoms with Crippen LogP contribution in [0.1, 0.15) is 37.5 Å². The monoisotopic (exact) mass is 272 g/mol. The first-order chi connectivity index (χ1) is 8.16. The molecule has 0 aliphatic carbocycles. The van der Waals surface area contributed by atoms with Crippen LogP contribution in [-0.4, -0.2) is 0 Å². The van der Waals surface area contributed by atoms with Gasteiger partial charge in [0, 0.05) is 0 Å². The van der Waals surface area contributed by atoms with Gasteiger partial charge >= 0.3 is 12.4 Å².